The summed E-state index contributed by atoms with van der Waals surface area (Å²) >= 11 is 0. The third-order valence-electron chi connectivity index (χ3n) is 2.41. The van der Waals surface area contributed by atoms with Crippen molar-refractivity contribution in [3.63, 3.8) is 0 Å². The molecular weight excluding hydrogens is 164 g/mol. The van der Waals surface area contributed by atoms with Gasteiger partial charge >= 0.3 is 0 Å². The van der Waals surface area contributed by atoms with Gasteiger partial charge in [-0.1, -0.05) is 6.92 Å². The minimum Gasteiger partial charge on any atom is -0.481 e. The highest BCUT2D eigenvalue weighted by Gasteiger charge is 2.32. The highest BCUT2D eigenvalue weighted by atomic mass is 16.5. The summed E-state index contributed by atoms with van der Waals surface area (Å²) < 4.78 is 5.03. The Kier molecular flexibility index (Phi) is 2.08. The maximum Gasteiger partial charge on any atom is 0.214 e. The molecule has 2 rings (SSSR count). The summed E-state index contributed by atoms with van der Waals surface area (Å²) in [5.74, 6) is 1.47. The number of anilines is 1. The van der Waals surface area contributed by atoms with Crippen molar-refractivity contribution in [3.05, 3.63) is 18.3 Å². The molecule has 1 N–H and O–H groups in total. The third-order valence-corrected chi connectivity index (χ3v) is 2.41. The molecular formula is C10H14N2O. The largest absolute Gasteiger partial charge is 0.481 e. The van der Waals surface area contributed by atoms with E-state index < -0.39 is 0 Å². The summed E-state index contributed by atoms with van der Waals surface area (Å²) in [6, 6.07) is 4.53. The maximum absolute atomic E-state index is 5.03. The highest BCUT2D eigenvalue weighted by molar-refractivity contribution is 5.47. The standard InChI is InChI=1S/C10H14N2O/c1-7-5-9(7)12-8-3-4-11-10(6-8)13-2/h3-4,6-7,9H,5H2,1-2H3,(H,11,12). The van der Waals surface area contributed by atoms with E-state index >= 15 is 0 Å². The van der Waals surface area contributed by atoms with E-state index in [9.17, 15) is 0 Å². The van der Waals surface area contributed by atoms with Gasteiger partial charge in [0.05, 0.1) is 7.11 Å². The van der Waals surface area contributed by atoms with Crippen molar-refractivity contribution in [1.82, 2.24) is 4.98 Å². The average molecular weight is 178 g/mol. The van der Waals surface area contributed by atoms with Gasteiger partial charge in [0.25, 0.3) is 0 Å². The second-order valence-electron chi connectivity index (χ2n) is 3.55. The number of hydrogen-bond acceptors (Lipinski definition) is 3. The number of aromatic nitrogens is 1. The van der Waals surface area contributed by atoms with E-state index in [-0.39, 0.29) is 0 Å². The summed E-state index contributed by atoms with van der Waals surface area (Å²) in [6.45, 7) is 2.25. The number of ether oxygens (including phenoxy) is 1. The van der Waals surface area contributed by atoms with Crippen molar-refractivity contribution < 1.29 is 4.74 Å². The molecule has 0 aromatic carbocycles. The zero-order chi connectivity index (χ0) is 9.26. The lowest BCUT2D eigenvalue weighted by Crippen LogP contribution is -2.03. The molecule has 0 aliphatic heterocycles. The van der Waals surface area contributed by atoms with Crippen LogP contribution in [0.5, 0.6) is 5.88 Å². The molecule has 0 spiro atoms. The molecule has 2 unspecified atom stereocenters. The van der Waals surface area contributed by atoms with Crippen molar-refractivity contribution in [2.75, 3.05) is 12.4 Å². The molecule has 0 amide bonds. The van der Waals surface area contributed by atoms with Crippen LogP contribution < -0.4 is 10.1 Å². The molecule has 2 atom stereocenters. The van der Waals surface area contributed by atoms with Crippen molar-refractivity contribution in [2.24, 2.45) is 5.92 Å². The topological polar surface area (TPSA) is 34.1 Å². The van der Waals surface area contributed by atoms with E-state index in [2.05, 4.69) is 17.2 Å². The van der Waals surface area contributed by atoms with Crippen molar-refractivity contribution in [2.45, 2.75) is 19.4 Å². The third kappa shape index (κ3) is 1.91. The van der Waals surface area contributed by atoms with E-state index in [4.69, 9.17) is 4.74 Å². The molecule has 1 aliphatic rings. The molecule has 1 saturated carbocycles. The van der Waals surface area contributed by atoms with Crippen LogP contribution in [-0.4, -0.2) is 18.1 Å². The van der Waals surface area contributed by atoms with Crippen LogP contribution in [0.4, 0.5) is 5.69 Å². The van der Waals surface area contributed by atoms with Crippen LogP contribution in [0.2, 0.25) is 0 Å². The summed E-state index contributed by atoms with van der Waals surface area (Å²) in [5, 5.41) is 3.42. The van der Waals surface area contributed by atoms with Gasteiger partial charge in [-0.15, -0.1) is 0 Å². The highest BCUT2D eigenvalue weighted by Crippen LogP contribution is 2.32. The van der Waals surface area contributed by atoms with Gasteiger partial charge in [-0.25, -0.2) is 4.98 Å². The van der Waals surface area contributed by atoms with Crippen LogP contribution in [0.1, 0.15) is 13.3 Å². The van der Waals surface area contributed by atoms with E-state index in [0.717, 1.165) is 11.6 Å². The second kappa shape index (κ2) is 3.24. The Morgan fingerprint density at radius 3 is 3.00 bits per heavy atom. The molecule has 1 heterocycles. The Morgan fingerprint density at radius 1 is 1.62 bits per heavy atom. The zero-order valence-electron chi connectivity index (χ0n) is 7.95. The van der Waals surface area contributed by atoms with Gasteiger partial charge in [0.1, 0.15) is 0 Å². The minimum absolute atomic E-state index is 0.645. The molecule has 1 aromatic heterocycles. The Morgan fingerprint density at radius 2 is 2.38 bits per heavy atom. The first kappa shape index (κ1) is 8.35. The second-order valence-corrected chi connectivity index (χ2v) is 3.55. The van der Waals surface area contributed by atoms with E-state index in [1.54, 1.807) is 13.3 Å². The van der Waals surface area contributed by atoms with Gasteiger partial charge in [0, 0.05) is 24.0 Å². The zero-order valence-corrected chi connectivity index (χ0v) is 7.95. The molecule has 0 saturated heterocycles. The van der Waals surface area contributed by atoms with Crippen LogP contribution in [0.25, 0.3) is 0 Å². The normalized spacial score (nSPS) is 25.4. The first-order valence-electron chi connectivity index (χ1n) is 4.56. The molecule has 3 nitrogen and oxygen atoms in total. The SMILES string of the molecule is COc1cc(NC2CC2C)ccn1. The van der Waals surface area contributed by atoms with Gasteiger partial charge in [0.2, 0.25) is 5.88 Å². The Bertz CT molecular complexity index is 301. The quantitative estimate of drug-likeness (QED) is 0.767. The lowest BCUT2D eigenvalue weighted by atomic mass is 10.4. The monoisotopic (exact) mass is 178 g/mol. The summed E-state index contributed by atoms with van der Waals surface area (Å²) in [7, 11) is 1.63. The van der Waals surface area contributed by atoms with Crippen molar-refractivity contribution in [3.8, 4) is 5.88 Å². The average Bonchev–Trinajstić information content (AvgIpc) is 2.82. The molecule has 1 aromatic rings. The summed E-state index contributed by atoms with van der Waals surface area (Å²) in [6.07, 6.45) is 3.03. The lowest BCUT2D eigenvalue weighted by molar-refractivity contribution is 0.398. The first-order chi connectivity index (χ1) is 6.29. The van der Waals surface area contributed by atoms with Gasteiger partial charge < -0.3 is 10.1 Å². The molecule has 13 heavy (non-hydrogen) atoms. The Balaban J connectivity index is 2.03. The smallest absolute Gasteiger partial charge is 0.214 e. The molecule has 3 heteroatoms. The number of nitrogens with zero attached hydrogens (tertiary/aromatic N) is 1. The van der Waals surface area contributed by atoms with E-state index in [0.29, 0.717) is 11.9 Å². The van der Waals surface area contributed by atoms with Gasteiger partial charge in [-0.3, -0.25) is 0 Å². The number of rotatable bonds is 3. The molecule has 70 valence electrons. The predicted molar refractivity (Wildman–Crippen MR) is 52.0 cm³/mol. The first-order valence-corrected chi connectivity index (χ1v) is 4.56. The number of methoxy groups -OCH3 is 1. The van der Waals surface area contributed by atoms with Crippen molar-refractivity contribution >= 4 is 5.69 Å². The molecule has 0 bridgehead atoms. The van der Waals surface area contributed by atoms with Gasteiger partial charge in [-0.05, 0) is 18.4 Å². The molecule has 1 aliphatic carbocycles. The fraction of sp³-hybridized carbons (Fsp3) is 0.500. The predicted octanol–water partition coefficient (Wildman–Crippen LogP) is 1.91. The number of hydrogen-bond donors (Lipinski definition) is 1. The molecule has 0 radical (unpaired) electrons. The summed E-state index contributed by atoms with van der Waals surface area (Å²) in [5.41, 5.74) is 1.10. The number of nitrogens with one attached hydrogen (secondary N) is 1. The Hall–Kier alpha value is -1.25. The molecule has 1 fully saturated rings. The number of pyridine rings is 1. The van der Waals surface area contributed by atoms with Gasteiger partial charge in [-0.2, -0.15) is 0 Å². The van der Waals surface area contributed by atoms with Crippen LogP contribution in [0.3, 0.4) is 0 Å². The van der Waals surface area contributed by atoms with Crippen LogP contribution in [0, 0.1) is 5.92 Å². The van der Waals surface area contributed by atoms with Crippen LogP contribution >= 0.6 is 0 Å². The van der Waals surface area contributed by atoms with Crippen molar-refractivity contribution in [1.29, 1.82) is 0 Å². The van der Waals surface area contributed by atoms with Crippen LogP contribution in [0.15, 0.2) is 18.3 Å². The maximum atomic E-state index is 5.03. The van der Waals surface area contributed by atoms with Crippen LogP contribution in [-0.2, 0) is 0 Å². The van der Waals surface area contributed by atoms with Gasteiger partial charge in [0.15, 0.2) is 0 Å². The summed E-state index contributed by atoms with van der Waals surface area (Å²) in [4.78, 5) is 4.04. The Labute approximate surface area is 78.1 Å². The van der Waals surface area contributed by atoms with E-state index in [1.807, 2.05) is 12.1 Å². The fourth-order valence-electron chi connectivity index (χ4n) is 1.35. The lowest BCUT2D eigenvalue weighted by Gasteiger charge is -2.05. The van der Waals surface area contributed by atoms with E-state index in [1.165, 1.54) is 6.42 Å². The minimum atomic E-state index is 0.645. The fourth-order valence-corrected chi connectivity index (χ4v) is 1.35.